The van der Waals surface area contributed by atoms with Crippen LogP contribution in [0.3, 0.4) is 0 Å². The smallest absolute Gasteiger partial charge is 0.335 e. The number of aryl methyl sites for hydroxylation is 1. The Morgan fingerprint density at radius 3 is 2.10 bits per heavy atom. The maximum atomic E-state index is 12.8. The van der Waals surface area contributed by atoms with Gasteiger partial charge >= 0.3 is 5.97 Å². The maximum Gasteiger partial charge on any atom is 0.335 e. The zero-order valence-corrected chi connectivity index (χ0v) is 18.1. The van der Waals surface area contributed by atoms with Crippen molar-refractivity contribution >= 4 is 44.8 Å². The van der Waals surface area contributed by atoms with Crippen LogP contribution >= 0.6 is 12.2 Å². The quantitative estimate of drug-likeness (QED) is 0.306. The fourth-order valence-corrected chi connectivity index (χ4v) is 3.78. The molecule has 0 aromatic heterocycles. The monoisotopic (exact) mass is 453 g/mol. The van der Waals surface area contributed by atoms with E-state index < -0.39 is 16.0 Å². The molecule has 31 heavy (non-hydrogen) atoms. The van der Waals surface area contributed by atoms with Gasteiger partial charge in [-0.2, -0.15) is 8.42 Å². The lowest BCUT2D eigenvalue weighted by molar-refractivity contribution is 0.0697. The molecule has 158 valence electrons. The summed E-state index contributed by atoms with van der Waals surface area (Å²) in [5.74, 6) is -0.979. The topological polar surface area (TPSA) is 108 Å². The second-order valence-corrected chi connectivity index (χ2v) is 8.57. The molecule has 0 saturated heterocycles. The summed E-state index contributed by atoms with van der Waals surface area (Å²) in [5, 5.41) is 14.8. The van der Waals surface area contributed by atoms with Crippen molar-refractivity contribution in [2.45, 2.75) is 11.8 Å². The first-order valence-electron chi connectivity index (χ1n) is 9.13. The van der Waals surface area contributed by atoms with Crippen LogP contribution in [0.1, 0.15) is 21.5 Å². The second-order valence-electron chi connectivity index (χ2n) is 6.56. The minimum Gasteiger partial charge on any atom is -0.478 e. The van der Waals surface area contributed by atoms with E-state index in [2.05, 4.69) is 15.0 Å². The molecule has 0 aliphatic carbocycles. The number of rotatable bonds is 5. The first kappa shape index (κ1) is 22.1. The Bertz CT molecular complexity index is 1220. The van der Waals surface area contributed by atoms with Crippen LogP contribution in [0.25, 0.3) is 0 Å². The molecule has 0 atom stereocenters. The lowest BCUT2D eigenvalue weighted by atomic mass is 10.2. The highest BCUT2D eigenvalue weighted by atomic mass is 32.2. The van der Waals surface area contributed by atoms with Gasteiger partial charge in [0.2, 0.25) is 0 Å². The Kier molecular flexibility index (Phi) is 6.78. The highest BCUT2D eigenvalue weighted by Gasteiger charge is 2.16. The Morgan fingerprint density at radius 1 is 0.903 bits per heavy atom. The fraction of sp³-hybridized carbons (Fsp3) is 0.0455. The Hall–Kier alpha value is -3.56. The molecule has 3 aromatic carbocycles. The van der Waals surface area contributed by atoms with Gasteiger partial charge in [0.1, 0.15) is 0 Å². The van der Waals surface area contributed by atoms with E-state index in [1.54, 1.807) is 54.6 Å². The third-order valence-electron chi connectivity index (χ3n) is 4.20. The Balaban J connectivity index is 1.87. The van der Waals surface area contributed by atoms with Crippen molar-refractivity contribution in [3.8, 4) is 0 Å². The normalized spacial score (nSPS) is 11.6. The van der Waals surface area contributed by atoms with Crippen LogP contribution in [-0.4, -0.2) is 30.4 Å². The van der Waals surface area contributed by atoms with Gasteiger partial charge in [0.25, 0.3) is 10.0 Å². The van der Waals surface area contributed by atoms with Crippen molar-refractivity contribution in [3.63, 3.8) is 0 Å². The molecule has 0 amide bonds. The number of hydrogen-bond donors (Lipinski definition) is 3. The largest absolute Gasteiger partial charge is 0.478 e. The molecule has 0 unspecified atom stereocenters. The molecule has 9 heteroatoms. The summed E-state index contributed by atoms with van der Waals surface area (Å²) in [6.45, 7) is 1.86. The fourth-order valence-electron chi connectivity index (χ4n) is 2.59. The third-order valence-corrected chi connectivity index (χ3v) is 5.69. The number of nitrogens with zero attached hydrogens (tertiary/aromatic N) is 1. The number of amidine groups is 1. The van der Waals surface area contributed by atoms with E-state index in [4.69, 9.17) is 17.3 Å². The molecule has 0 radical (unpaired) electrons. The number of benzene rings is 3. The van der Waals surface area contributed by atoms with Crippen LogP contribution in [0.15, 0.2) is 88.2 Å². The first-order valence-corrected chi connectivity index (χ1v) is 11.0. The molecular formula is C22H19N3O4S2. The summed E-state index contributed by atoms with van der Waals surface area (Å²) in [6, 6.07) is 21.1. The maximum absolute atomic E-state index is 12.8. The van der Waals surface area contributed by atoms with E-state index in [9.17, 15) is 13.2 Å². The van der Waals surface area contributed by atoms with E-state index in [0.29, 0.717) is 11.3 Å². The number of anilines is 1. The molecule has 3 rings (SSSR count). The van der Waals surface area contributed by atoms with E-state index in [-0.39, 0.29) is 21.4 Å². The van der Waals surface area contributed by atoms with Gasteiger partial charge in [-0.3, -0.25) is 0 Å². The zero-order chi connectivity index (χ0) is 22.4. The molecule has 3 aromatic rings. The molecule has 0 aliphatic heterocycles. The van der Waals surface area contributed by atoms with E-state index in [1.165, 1.54) is 24.3 Å². The van der Waals surface area contributed by atoms with Crippen LogP contribution < -0.4 is 10.6 Å². The predicted octanol–water partition coefficient (Wildman–Crippen LogP) is 3.82. The van der Waals surface area contributed by atoms with Crippen molar-refractivity contribution < 1.29 is 18.3 Å². The van der Waals surface area contributed by atoms with Crippen molar-refractivity contribution in [3.05, 3.63) is 95.6 Å². The molecule has 3 N–H and O–H groups in total. The summed E-state index contributed by atoms with van der Waals surface area (Å²) in [7, 11) is -3.99. The number of thiocarbonyl (C=S) groups is 1. The third kappa shape index (κ3) is 5.97. The Labute approximate surface area is 185 Å². The molecule has 7 nitrogen and oxygen atoms in total. The number of carboxylic acids is 1. The second kappa shape index (κ2) is 9.50. The number of carbonyl (C=O) groups is 1. The number of hydrogen-bond acceptors (Lipinski definition) is 4. The van der Waals surface area contributed by atoms with Gasteiger partial charge in [-0.15, -0.1) is 4.40 Å². The van der Waals surface area contributed by atoms with Gasteiger partial charge < -0.3 is 15.7 Å². The summed E-state index contributed by atoms with van der Waals surface area (Å²) in [5.41, 5.74) is 2.14. The van der Waals surface area contributed by atoms with Crippen molar-refractivity contribution in [2.75, 3.05) is 5.32 Å². The summed E-state index contributed by atoms with van der Waals surface area (Å²) in [6.07, 6.45) is 0. The van der Waals surface area contributed by atoms with E-state index in [0.717, 1.165) is 5.56 Å². The Morgan fingerprint density at radius 2 is 1.52 bits per heavy atom. The minimum absolute atomic E-state index is 0.0563. The van der Waals surface area contributed by atoms with E-state index in [1.807, 2.05) is 6.92 Å². The van der Waals surface area contributed by atoms with Gasteiger partial charge in [-0.25, -0.2) is 4.79 Å². The molecule has 0 saturated carbocycles. The predicted molar refractivity (Wildman–Crippen MR) is 124 cm³/mol. The highest BCUT2D eigenvalue weighted by Crippen LogP contribution is 2.15. The molecule has 0 spiro atoms. The zero-order valence-electron chi connectivity index (χ0n) is 16.4. The van der Waals surface area contributed by atoms with Crippen LogP contribution in [0.4, 0.5) is 5.69 Å². The number of sulfonamides is 1. The molecule has 0 aliphatic rings. The average molecular weight is 454 g/mol. The summed E-state index contributed by atoms with van der Waals surface area (Å²) < 4.78 is 29.6. The first-order chi connectivity index (χ1) is 14.7. The van der Waals surface area contributed by atoms with Gasteiger partial charge in [0.05, 0.1) is 10.5 Å². The van der Waals surface area contributed by atoms with Crippen molar-refractivity contribution in [2.24, 2.45) is 4.40 Å². The summed E-state index contributed by atoms with van der Waals surface area (Å²) >= 11 is 5.31. The lowest BCUT2D eigenvalue weighted by Crippen LogP contribution is -2.35. The van der Waals surface area contributed by atoms with Crippen LogP contribution in [0.2, 0.25) is 0 Å². The van der Waals surface area contributed by atoms with Crippen molar-refractivity contribution in [1.82, 2.24) is 5.32 Å². The van der Waals surface area contributed by atoms with Crippen LogP contribution in [0, 0.1) is 6.92 Å². The molecular weight excluding hydrogens is 434 g/mol. The highest BCUT2D eigenvalue weighted by molar-refractivity contribution is 7.90. The SMILES string of the molecule is Cc1ccc(S(=O)(=O)N=C(NC(=S)Nc2ccc(C(=O)O)cc2)c2ccccc2)cc1. The molecule has 0 fully saturated rings. The standard InChI is InChI=1S/C22H19N3O4S2/c1-15-7-13-19(14-8-15)31(28,29)25-20(16-5-3-2-4-6-16)24-22(30)23-18-11-9-17(10-12-18)21(26)27/h2-14H,1H3,(H,26,27)(H2,23,24,25,30). The average Bonchev–Trinajstić information content (AvgIpc) is 2.74. The number of nitrogens with one attached hydrogen (secondary N) is 2. The van der Waals surface area contributed by atoms with Crippen LogP contribution in [-0.2, 0) is 10.0 Å². The van der Waals surface area contributed by atoms with Gasteiger partial charge in [0.15, 0.2) is 10.9 Å². The molecule has 0 heterocycles. The lowest BCUT2D eigenvalue weighted by Gasteiger charge is -2.13. The van der Waals surface area contributed by atoms with Crippen molar-refractivity contribution in [1.29, 1.82) is 0 Å². The van der Waals surface area contributed by atoms with Crippen LogP contribution in [0.5, 0.6) is 0 Å². The summed E-state index contributed by atoms with van der Waals surface area (Å²) in [4.78, 5) is 11.0. The number of carboxylic acid groups (broad SMARTS) is 1. The van der Waals surface area contributed by atoms with Gasteiger partial charge in [0, 0.05) is 11.3 Å². The van der Waals surface area contributed by atoms with Gasteiger partial charge in [-0.1, -0.05) is 48.0 Å². The van der Waals surface area contributed by atoms with Gasteiger partial charge in [-0.05, 0) is 55.5 Å². The minimum atomic E-state index is -3.99. The van der Waals surface area contributed by atoms with E-state index >= 15 is 0 Å². The molecule has 0 bridgehead atoms. The number of aromatic carboxylic acids is 1.